The van der Waals surface area contributed by atoms with Gasteiger partial charge < -0.3 is 5.32 Å². The Morgan fingerprint density at radius 1 is 1.17 bits per heavy atom. The molecule has 2 nitrogen and oxygen atoms in total. The molecule has 0 aromatic carbocycles. The minimum absolute atomic E-state index is 0.743. The normalized spacial score (nSPS) is 39.5. The third-order valence-corrected chi connectivity index (χ3v) is 5.23. The molecule has 1 N–H and O–H groups in total. The van der Waals surface area contributed by atoms with E-state index in [2.05, 4.69) is 31.0 Å². The first-order valence-electron chi connectivity index (χ1n) is 8.18. The van der Waals surface area contributed by atoms with Crippen molar-refractivity contribution in [3.05, 3.63) is 0 Å². The average Bonchev–Trinajstić information content (AvgIpc) is 2.59. The summed E-state index contributed by atoms with van der Waals surface area (Å²) in [6.45, 7) is 11.0. The van der Waals surface area contributed by atoms with Gasteiger partial charge in [0.25, 0.3) is 0 Å². The van der Waals surface area contributed by atoms with Gasteiger partial charge in [0.15, 0.2) is 0 Å². The number of hydrogen-bond acceptors (Lipinski definition) is 2. The summed E-state index contributed by atoms with van der Waals surface area (Å²) in [5.41, 5.74) is 0. The molecule has 1 aliphatic carbocycles. The molecule has 0 radical (unpaired) electrons. The molecule has 2 rings (SSSR count). The molecule has 0 aromatic rings. The first-order valence-corrected chi connectivity index (χ1v) is 8.18. The molecule has 106 valence electrons. The van der Waals surface area contributed by atoms with E-state index in [0.29, 0.717) is 0 Å². The van der Waals surface area contributed by atoms with Gasteiger partial charge >= 0.3 is 0 Å². The highest BCUT2D eigenvalue weighted by molar-refractivity contribution is 4.86. The molecule has 0 aromatic heterocycles. The highest BCUT2D eigenvalue weighted by Gasteiger charge is 2.30. The van der Waals surface area contributed by atoms with Gasteiger partial charge in [0.1, 0.15) is 0 Å². The first kappa shape index (κ1) is 14.3. The van der Waals surface area contributed by atoms with E-state index in [-0.39, 0.29) is 0 Å². The molecule has 0 bridgehead atoms. The SMILES string of the molecule is CCCC1CN(C2CCC(C)C(C)C2)CCCN1. The number of nitrogens with one attached hydrogen (secondary N) is 1. The van der Waals surface area contributed by atoms with E-state index < -0.39 is 0 Å². The predicted molar refractivity (Wildman–Crippen MR) is 78.9 cm³/mol. The van der Waals surface area contributed by atoms with Gasteiger partial charge in [-0.05, 0) is 57.0 Å². The van der Waals surface area contributed by atoms with Crippen molar-refractivity contribution in [3.8, 4) is 0 Å². The van der Waals surface area contributed by atoms with Gasteiger partial charge in [-0.1, -0.05) is 27.2 Å². The van der Waals surface area contributed by atoms with Gasteiger partial charge in [-0.3, -0.25) is 4.90 Å². The van der Waals surface area contributed by atoms with Gasteiger partial charge in [0.05, 0.1) is 0 Å². The van der Waals surface area contributed by atoms with Crippen LogP contribution in [0.4, 0.5) is 0 Å². The van der Waals surface area contributed by atoms with Crippen LogP contribution in [-0.4, -0.2) is 36.6 Å². The fourth-order valence-corrected chi connectivity index (χ4v) is 3.75. The molecule has 1 heterocycles. The van der Waals surface area contributed by atoms with Crippen molar-refractivity contribution >= 4 is 0 Å². The zero-order chi connectivity index (χ0) is 13.0. The Kier molecular flexibility index (Phi) is 5.50. The van der Waals surface area contributed by atoms with E-state index in [9.17, 15) is 0 Å². The molecule has 18 heavy (non-hydrogen) atoms. The van der Waals surface area contributed by atoms with E-state index in [1.54, 1.807) is 0 Å². The lowest BCUT2D eigenvalue weighted by Crippen LogP contribution is -2.45. The Hall–Kier alpha value is -0.0800. The monoisotopic (exact) mass is 252 g/mol. The van der Waals surface area contributed by atoms with Crippen molar-refractivity contribution in [1.82, 2.24) is 10.2 Å². The Labute approximate surface area is 114 Å². The smallest absolute Gasteiger partial charge is 0.0195 e. The van der Waals surface area contributed by atoms with Gasteiger partial charge in [0, 0.05) is 18.6 Å². The average molecular weight is 252 g/mol. The largest absolute Gasteiger partial charge is 0.313 e. The van der Waals surface area contributed by atoms with Crippen LogP contribution in [0.5, 0.6) is 0 Å². The minimum Gasteiger partial charge on any atom is -0.313 e. The summed E-state index contributed by atoms with van der Waals surface area (Å²) >= 11 is 0. The molecule has 2 heteroatoms. The third kappa shape index (κ3) is 3.71. The van der Waals surface area contributed by atoms with Crippen LogP contribution in [0.15, 0.2) is 0 Å². The molecule has 2 fully saturated rings. The van der Waals surface area contributed by atoms with Gasteiger partial charge in [-0.2, -0.15) is 0 Å². The maximum absolute atomic E-state index is 3.73. The summed E-state index contributed by atoms with van der Waals surface area (Å²) in [4.78, 5) is 2.81. The fraction of sp³-hybridized carbons (Fsp3) is 1.00. The first-order chi connectivity index (χ1) is 8.70. The maximum atomic E-state index is 3.73. The summed E-state index contributed by atoms with van der Waals surface area (Å²) in [6, 6.07) is 1.61. The lowest BCUT2D eigenvalue weighted by atomic mass is 9.78. The summed E-state index contributed by atoms with van der Waals surface area (Å²) in [6.07, 6.45) is 8.29. The maximum Gasteiger partial charge on any atom is 0.0195 e. The number of rotatable bonds is 3. The molecular formula is C16H32N2. The van der Waals surface area contributed by atoms with Crippen LogP contribution in [0.2, 0.25) is 0 Å². The molecule has 2 aliphatic rings. The zero-order valence-corrected chi connectivity index (χ0v) is 12.6. The van der Waals surface area contributed by atoms with Crippen molar-refractivity contribution in [2.75, 3.05) is 19.6 Å². The van der Waals surface area contributed by atoms with Gasteiger partial charge in [-0.25, -0.2) is 0 Å². The molecule has 0 amide bonds. The molecule has 1 saturated carbocycles. The highest BCUT2D eigenvalue weighted by Crippen LogP contribution is 2.32. The lowest BCUT2D eigenvalue weighted by molar-refractivity contribution is 0.106. The third-order valence-electron chi connectivity index (χ3n) is 5.23. The van der Waals surface area contributed by atoms with Crippen LogP contribution in [0, 0.1) is 11.8 Å². The highest BCUT2D eigenvalue weighted by atomic mass is 15.2. The summed E-state index contributed by atoms with van der Waals surface area (Å²) < 4.78 is 0. The molecule has 1 saturated heterocycles. The van der Waals surface area contributed by atoms with E-state index >= 15 is 0 Å². The van der Waals surface area contributed by atoms with Crippen LogP contribution in [0.25, 0.3) is 0 Å². The summed E-state index contributed by atoms with van der Waals surface area (Å²) in [7, 11) is 0. The topological polar surface area (TPSA) is 15.3 Å². The molecule has 0 spiro atoms. The minimum atomic E-state index is 0.743. The Bertz CT molecular complexity index is 241. The Morgan fingerprint density at radius 3 is 2.72 bits per heavy atom. The summed E-state index contributed by atoms with van der Waals surface area (Å²) in [5.74, 6) is 1.86. The van der Waals surface area contributed by atoms with E-state index in [0.717, 1.165) is 23.9 Å². The second-order valence-electron chi connectivity index (χ2n) is 6.71. The van der Waals surface area contributed by atoms with Crippen LogP contribution < -0.4 is 5.32 Å². The van der Waals surface area contributed by atoms with Crippen molar-refractivity contribution in [2.45, 2.75) is 71.4 Å². The Morgan fingerprint density at radius 2 is 2.00 bits per heavy atom. The predicted octanol–water partition coefficient (Wildman–Crippen LogP) is 3.28. The van der Waals surface area contributed by atoms with Crippen LogP contribution in [0.1, 0.15) is 59.3 Å². The summed E-state index contributed by atoms with van der Waals surface area (Å²) in [5, 5.41) is 3.73. The van der Waals surface area contributed by atoms with E-state index in [1.165, 1.54) is 58.2 Å². The van der Waals surface area contributed by atoms with Crippen molar-refractivity contribution in [3.63, 3.8) is 0 Å². The molecule has 4 atom stereocenters. The van der Waals surface area contributed by atoms with E-state index in [4.69, 9.17) is 0 Å². The number of nitrogens with zero attached hydrogens (tertiary/aromatic N) is 1. The second kappa shape index (κ2) is 6.91. The quantitative estimate of drug-likeness (QED) is 0.829. The standard InChI is InChI=1S/C16H32N2/c1-4-6-15-12-18(10-5-9-17-15)16-8-7-13(2)14(3)11-16/h13-17H,4-12H2,1-3H3. The van der Waals surface area contributed by atoms with Crippen LogP contribution >= 0.6 is 0 Å². The fourth-order valence-electron chi connectivity index (χ4n) is 3.75. The molecular weight excluding hydrogens is 220 g/mol. The lowest BCUT2D eigenvalue weighted by Gasteiger charge is -2.39. The van der Waals surface area contributed by atoms with E-state index in [1.807, 2.05) is 0 Å². The van der Waals surface area contributed by atoms with Crippen molar-refractivity contribution in [1.29, 1.82) is 0 Å². The van der Waals surface area contributed by atoms with Crippen molar-refractivity contribution in [2.24, 2.45) is 11.8 Å². The van der Waals surface area contributed by atoms with Crippen LogP contribution in [0.3, 0.4) is 0 Å². The molecule has 4 unspecified atom stereocenters. The number of hydrogen-bond donors (Lipinski definition) is 1. The van der Waals surface area contributed by atoms with Gasteiger partial charge in [0.2, 0.25) is 0 Å². The zero-order valence-electron chi connectivity index (χ0n) is 12.6. The second-order valence-corrected chi connectivity index (χ2v) is 6.71. The Balaban J connectivity index is 1.90. The van der Waals surface area contributed by atoms with Crippen molar-refractivity contribution < 1.29 is 0 Å². The molecule has 1 aliphatic heterocycles. The van der Waals surface area contributed by atoms with Crippen LogP contribution in [-0.2, 0) is 0 Å². The van der Waals surface area contributed by atoms with Gasteiger partial charge in [-0.15, -0.1) is 0 Å².